The van der Waals surface area contributed by atoms with Crippen LogP contribution in [-0.4, -0.2) is 30.1 Å². The number of benzene rings is 2. The van der Waals surface area contributed by atoms with E-state index in [2.05, 4.69) is 10.6 Å². The Hall–Kier alpha value is -2.51. The number of carboxylic acid groups (broad SMARTS) is 1. The summed E-state index contributed by atoms with van der Waals surface area (Å²) in [5.41, 5.74) is 1.32. The van der Waals surface area contributed by atoms with Gasteiger partial charge >= 0.3 is 5.97 Å². The number of anilines is 1. The van der Waals surface area contributed by atoms with Gasteiger partial charge in [0.1, 0.15) is 19.0 Å². The van der Waals surface area contributed by atoms with Crippen molar-refractivity contribution in [3.8, 4) is 5.75 Å². The highest BCUT2D eigenvalue weighted by Crippen LogP contribution is 2.35. The quantitative estimate of drug-likeness (QED) is 0.552. The summed E-state index contributed by atoms with van der Waals surface area (Å²) in [7, 11) is 0. The normalized spacial score (nSPS) is 10.4. The summed E-state index contributed by atoms with van der Waals surface area (Å²) < 4.78 is 19.4. The third-order valence-electron chi connectivity index (χ3n) is 3.58. The highest BCUT2D eigenvalue weighted by Gasteiger charge is 2.15. The number of carbonyl (C=O) groups is 2. The van der Waals surface area contributed by atoms with Crippen LogP contribution in [0.2, 0.25) is 10.0 Å². The molecule has 0 spiro atoms. The summed E-state index contributed by atoms with van der Waals surface area (Å²) in [4.78, 5) is 22.5. The van der Waals surface area contributed by atoms with E-state index in [1.165, 1.54) is 24.3 Å². The van der Waals surface area contributed by atoms with Gasteiger partial charge in [0.05, 0.1) is 10.0 Å². The van der Waals surface area contributed by atoms with E-state index in [-0.39, 0.29) is 28.0 Å². The van der Waals surface area contributed by atoms with E-state index in [0.717, 1.165) is 6.42 Å². The number of rotatable bonds is 9. The molecule has 1 amide bonds. The van der Waals surface area contributed by atoms with Gasteiger partial charge in [-0.3, -0.25) is 9.59 Å². The summed E-state index contributed by atoms with van der Waals surface area (Å²) in [5.74, 6) is -2.06. The van der Waals surface area contributed by atoms with E-state index < -0.39 is 24.2 Å². The van der Waals surface area contributed by atoms with Crippen LogP contribution in [0.5, 0.6) is 5.75 Å². The average Bonchev–Trinajstić information content (AvgIpc) is 2.63. The Morgan fingerprint density at radius 3 is 2.43 bits per heavy atom. The molecule has 0 aliphatic carbocycles. The van der Waals surface area contributed by atoms with Gasteiger partial charge in [-0.05, 0) is 42.3 Å². The second-order valence-corrected chi connectivity index (χ2v) is 6.72. The number of hydrogen-bond acceptors (Lipinski definition) is 4. The van der Waals surface area contributed by atoms with Gasteiger partial charge in [0.25, 0.3) is 5.91 Å². The molecule has 0 bridgehead atoms. The SMILES string of the molecule is CCCNc1cc(F)cc(COc2c(Cl)cc(C(=O)NCC(=O)O)cc2Cl)c1. The molecule has 2 aromatic carbocycles. The van der Waals surface area contributed by atoms with E-state index in [9.17, 15) is 14.0 Å². The van der Waals surface area contributed by atoms with Gasteiger partial charge in [-0.25, -0.2) is 4.39 Å². The van der Waals surface area contributed by atoms with Crippen molar-refractivity contribution in [3.05, 3.63) is 57.3 Å². The fourth-order valence-electron chi connectivity index (χ4n) is 2.35. The van der Waals surface area contributed by atoms with Crippen LogP contribution in [0.4, 0.5) is 10.1 Å². The highest BCUT2D eigenvalue weighted by molar-refractivity contribution is 6.37. The fourth-order valence-corrected chi connectivity index (χ4v) is 2.94. The van der Waals surface area contributed by atoms with Crippen LogP contribution >= 0.6 is 23.2 Å². The number of aliphatic carboxylic acids is 1. The Labute approximate surface area is 171 Å². The van der Waals surface area contributed by atoms with Crippen LogP contribution in [0.1, 0.15) is 29.3 Å². The van der Waals surface area contributed by atoms with E-state index in [1.807, 2.05) is 6.92 Å². The van der Waals surface area contributed by atoms with E-state index in [0.29, 0.717) is 17.8 Å². The van der Waals surface area contributed by atoms with Gasteiger partial charge in [0.15, 0.2) is 5.75 Å². The Kier molecular flexibility index (Phi) is 7.90. The average molecular weight is 429 g/mol. The minimum Gasteiger partial charge on any atom is -0.486 e. The van der Waals surface area contributed by atoms with Gasteiger partial charge in [-0.2, -0.15) is 0 Å². The van der Waals surface area contributed by atoms with Gasteiger partial charge in [-0.15, -0.1) is 0 Å². The molecule has 0 atom stereocenters. The number of carbonyl (C=O) groups excluding carboxylic acids is 1. The topological polar surface area (TPSA) is 87.7 Å². The Balaban J connectivity index is 2.11. The molecule has 0 fully saturated rings. The van der Waals surface area contributed by atoms with Crippen molar-refractivity contribution in [3.63, 3.8) is 0 Å². The maximum atomic E-state index is 13.8. The van der Waals surface area contributed by atoms with Crippen molar-refractivity contribution < 1.29 is 23.8 Å². The zero-order valence-corrected chi connectivity index (χ0v) is 16.5. The summed E-state index contributed by atoms with van der Waals surface area (Å²) in [6, 6.07) is 7.13. The molecule has 150 valence electrons. The molecule has 0 radical (unpaired) electrons. The first-order chi connectivity index (χ1) is 13.3. The third-order valence-corrected chi connectivity index (χ3v) is 4.14. The molecule has 0 saturated heterocycles. The van der Waals surface area contributed by atoms with Crippen molar-refractivity contribution >= 4 is 40.8 Å². The minimum absolute atomic E-state index is 0.0164. The third kappa shape index (κ3) is 6.28. The largest absolute Gasteiger partial charge is 0.486 e. The van der Waals surface area contributed by atoms with Crippen molar-refractivity contribution in [2.45, 2.75) is 20.0 Å². The van der Waals surface area contributed by atoms with Crippen LogP contribution in [0.15, 0.2) is 30.3 Å². The molecule has 0 aromatic heterocycles. The van der Waals surface area contributed by atoms with Crippen LogP contribution in [0, 0.1) is 5.82 Å². The van der Waals surface area contributed by atoms with Crippen LogP contribution < -0.4 is 15.4 Å². The van der Waals surface area contributed by atoms with E-state index >= 15 is 0 Å². The maximum absolute atomic E-state index is 13.8. The first-order valence-electron chi connectivity index (χ1n) is 8.45. The first-order valence-corrected chi connectivity index (χ1v) is 9.21. The number of halogens is 3. The van der Waals surface area contributed by atoms with Crippen molar-refractivity contribution in [1.82, 2.24) is 5.32 Å². The zero-order valence-electron chi connectivity index (χ0n) is 15.0. The second kappa shape index (κ2) is 10.1. The Bertz CT molecular complexity index is 854. The zero-order chi connectivity index (χ0) is 20.7. The van der Waals surface area contributed by atoms with Crippen LogP contribution in [0.3, 0.4) is 0 Å². The van der Waals surface area contributed by atoms with Crippen molar-refractivity contribution in [2.75, 3.05) is 18.4 Å². The molecule has 0 aliphatic heterocycles. The molecule has 0 saturated carbocycles. The molecule has 2 rings (SSSR count). The number of ether oxygens (including phenoxy) is 1. The monoisotopic (exact) mass is 428 g/mol. The Morgan fingerprint density at radius 2 is 1.82 bits per heavy atom. The van der Waals surface area contributed by atoms with Gasteiger partial charge in [0.2, 0.25) is 0 Å². The molecule has 6 nitrogen and oxygen atoms in total. The lowest BCUT2D eigenvalue weighted by Crippen LogP contribution is -2.29. The van der Waals surface area contributed by atoms with Gasteiger partial charge in [-0.1, -0.05) is 30.1 Å². The lowest BCUT2D eigenvalue weighted by molar-refractivity contribution is -0.135. The standard InChI is InChI=1S/C19H19Cl2FN2O4/c1-2-3-23-14-5-11(4-13(22)8-14)10-28-18-15(20)6-12(7-16(18)21)19(27)24-9-17(25)26/h4-8,23H,2-3,9-10H2,1H3,(H,24,27)(H,25,26). The predicted molar refractivity (Wildman–Crippen MR) is 106 cm³/mol. The molecular formula is C19H19Cl2FN2O4. The van der Waals surface area contributed by atoms with Gasteiger partial charge < -0.3 is 20.5 Å². The fraction of sp³-hybridized carbons (Fsp3) is 0.263. The second-order valence-electron chi connectivity index (χ2n) is 5.91. The number of hydrogen-bond donors (Lipinski definition) is 3. The molecular weight excluding hydrogens is 410 g/mol. The summed E-state index contributed by atoms with van der Waals surface area (Å²) in [6.07, 6.45) is 0.903. The van der Waals surface area contributed by atoms with E-state index in [1.54, 1.807) is 6.07 Å². The van der Waals surface area contributed by atoms with Crippen molar-refractivity contribution in [1.29, 1.82) is 0 Å². The summed E-state index contributed by atoms with van der Waals surface area (Å²) >= 11 is 12.3. The van der Waals surface area contributed by atoms with Crippen molar-refractivity contribution in [2.24, 2.45) is 0 Å². The molecule has 28 heavy (non-hydrogen) atoms. The number of amides is 1. The Morgan fingerprint density at radius 1 is 1.14 bits per heavy atom. The highest BCUT2D eigenvalue weighted by atomic mass is 35.5. The smallest absolute Gasteiger partial charge is 0.322 e. The van der Waals surface area contributed by atoms with E-state index in [4.69, 9.17) is 33.0 Å². The molecule has 0 aliphatic rings. The van der Waals surface area contributed by atoms with Crippen LogP contribution in [-0.2, 0) is 11.4 Å². The minimum atomic E-state index is -1.17. The lowest BCUT2D eigenvalue weighted by atomic mass is 10.2. The molecule has 3 N–H and O–H groups in total. The predicted octanol–water partition coefficient (Wildman–Crippen LogP) is 4.35. The first kappa shape index (κ1) is 21.8. The van der Waals surface area contributed by atoms with Gasteiger partial charge in [0, 0.05) is 17.8 Å². The lowest BCUT2D eigenvalue weighted by Gasteiger charge is -2.13. The summed E-state index contributed by atoms with van der Waals surface area (Å²) in [5, 5.41) is 14.1. The number of carboxylic acids is 1. The van der Waals surface area contributed by atoms with Crippen LogP contribution in [0.25, 0.3) is 0 Å². The molecule has 0 unspecified atom stereocenters. The molecule has 9 heteroatoms. The molecule has 0 heterocycles. The molecule has 2 aromatic rings. The maximum Gasteiger partial charge on any atom is 0.322 e. The summed E-state index contributed by atoms with van der Waals surface area (Å²) in [6.45, 7) is 2.21. The number of nitrogens with one attached hydrogen (secondary N) is 2.